The fourth-order valence-electron chi connectivity index (χ4n) is 2.74. The Balaban J connectivity index is 1.72. The second kappa shape index (κ2) is 8.35. The minimum absolute atomic E-state index is 0.126. The monoisotopic (exact) mass is 376 g/mol. The molecule has 6 nitrogen and oxygen atoms in total. The maximum atomic E-state index is 12.6. The summed E-state index contributed by atoms with van der Waals surface area (Å²) >= 11 is 0. The molecule has 0 fully saturated rings. The number of nitrogens with zero attached hydrogens (tertiary/aromatic N) is 1. The van der Waals surface area contributed by atoms with E-state index < -0.39 is 10.8 Å². The number of nitro groups is 1. The highest BCUT2D eigenvalue weighted by atomic mass is 16.6. The van der Waals surface area contributed by atoms with Gasteiger partial charge in [-0.3, -0.25) is 14.9 Å². The van der Waals surface area contributed by atoms with E-state index >= 15 is 0 Å². The van der Waals surface area contributed by atoms with Crippen LogP contribution in [-0.2, 0) is 6.61 Å². The molecule has 0 saturated carbocycles. The van der Waals surface area contributed by atoms with Crippen molar-refractivity contribution in [3.63, 3.8) is 0 Å². The predicted octanol–water partition coefficient (Wildman–Crippen LogP) is 5.04. The third-order valence-electron chi connectivity index (χ3n) is 4.51. The lowest BCUT2D eigenvalue weighted by Gasteiger charge is -2.11. The van der Waals surface area contributed by atoms with Crippen LogP contribution in [-0.4, -0.2) is 10.8 Å². The third kappa shape index (κ3) is 4.35. The predicted molar refractivity (Wildman–Crippen MR) is 108 cm³/mol. The Morgan fingerprint density at radius 1 is 1.00 bits per heavy atom. The van der Waals surface area contributed by atoms with Crippen LogP contribution in [0.1, 0.15) is 27.0 Å². The van der Waals surface area contributed by atoms with Crippen LogP contribution in [0.5, 0.6) is 5.75 Å². The highest BCUT2D eigenvalue weighted by molar-refractivity contribution is 6.06. The molecule has 3 aromatic rings. The van der Waals surface area contributed by atoms with Crippen LogP contribution in [0, 0.1) is 24.0 Å². The number of anilines is 1. The molecular formula is C22H20N2O4. The maximum absolute atomic E-state index is 12.6. The summed E-state index contributed by atoms with van der Waals surface area (Å²) < 4.78 is 5.71. The second-order valence-corrected chi connectivity index (χ2v) is 6.41. The van der Waals surface area contributed by atoms with E-state index in [1.165, 1.54) is 6.07 Å². The van der Waals surface area contributed by atoms with Gasteiger partial charge in [0.1, 0.15) is 18.0 Å². The molecule has 0 atom stereocenters. The molecule has 0 radical (unpaired) electrons. The fourth-order valence-corrected chi connectivity index (χ4v) is 2.74. The Morgan fingerprint density at radius 3 is 2.32 bits per heavy atom. The molecule has 0 bridgehead atoms. The maximum Gasteiger partial charge on any atom is 0.293 e. The first-order valence-electron chi connectivity index (χ1n) is 8.78. The average Bonchev–Trinajstić information content (AvgIpc) is 2.71. The van der Waals surface area contributed by atoms with E-state index in [4.69, 9.17) is 4.74 Å². The van der Waals surface area contributed by atoms with Gasteiger partial charge in [-0.25, -0.2) is 0 Å². The van der Waals surface area contributed by atoms with E-state index in [0.717, 1.165) is 11.1 Å². The number of aryl methyl sites for hydroxylation is 1. The van der Waals surface area contributed by atoms with Crippen LogP contribution in [0.15, 0.2) is 66.7 Å². The number of carbonyl (C=O) groups excluding carboxylic acids is 1. The quantitative estimate of drug-likeness (QED) is 0.482. The lowest BCUT2D eigenvalue weighted by Crippen LogP contribution is -2.14. The Labute approximate surface area is 162 Å². The largest absolute Gasteiger partial charge is 0.489 e. The average molecular weight is 376 g/mol. The van der Waals surface area contributed by atoms with E-state index in [9.17, 15) is 14.9 Å². The highest BCUT2D eigenvalue weighted by Crippen LogP contribution is 2.30. The summed E-state index contributed by atoms with van der Waals surface area (Å²) in [4.78, 5) is 23.3. The van der Waals surface area contributed by atoms with Crippen LogP contribution < -0.4 is 10.1 Å². The summed E-state index contributed by atoms with van der Waals surface area (Å²) in [6, 6.07) is 19.5. The zero-order valence-corrected chi connectivity index (χ0v) is 15.6. The number of hydrogen-bond acceptors (Lipinski definition) is 4. The van der Waals surface area contributed by atoms with E-state index in [2.05, 4.69) is 5.32 Å². The van der Waals surface area contributed by atoms with Gasteiger partial charge in [-0.05, 0) is 54.8 Å². The summed E-state index contributed by atoms with van der Waals surface area (Å²) in [6.07, 6.45) is 0. The molecule has 0 saturated heterocycles. The van der Waals surface area contributed by atoms with Crippen LogP contribution in [0.2, 0.25) is 0 Å². The summed E-state index contributed by atoms with van der Waals surface area (Å²) in [5, 5.41) is 13.9. The molecule has 0 aromatic heterocycles. The standard InChI is InChI=1S/C22H20N2O4/c1-15-8-13-20(24(26)27)21(16(15)2)23-22(25)18-9-11-19(12-10-18)28-14-17-6-4-3-5-7-17/h3-13H,14H2,1-2H3,(H,23,25). The molecule has 3 rings (SSSR count). The minimum Gasteiger partial charge on any atom is -0.489 e. The Bertz CT molecular complexity index is 999. The van der Waals surface area contributed by atoms with Gasteiger partial charge in [-0.1, -0.05) is 36.4 Å². The molecule has 0 aliphatic heterocycles. The highest BCUT2D eigenvalue weighted by Gasteiger charge is 2.20. The third-order valence-corrected chi connectivity index (χ3v) is 4.51. The van der Waals surface area contributed by atoms with Crippen molar-refractivity contribution < 1.29 is 14.5 Å². The topological polar surface area (TPSA) is 81.5 Å². The van der Waals surface area contributed by atoms with Crippen molar-refractivity contribution in [1.82, 2.24) is 0 Å². The zero-order valence-electron chi connectivity index (χ0n) is 15.6. The first kappa shape index (κ1) is 19.1. The number of amides is 1. The fraction of sp³-hybridized carbons (Fsp3) is 0.136. The number of ether oxygens (including phenoxy) is 1. The van der Waals surface area contributed by atoms with Crippen LogP contribution >= 0.6 is 0 Å². The van der Waals surface area contributed by atoms with Crippen molar-refractivity contribution in [2.45, 2.75) is 20.5 Å². The van der Waals surface area contributed by atoms with Crippen molar-refractivity contribution in [2.75, 3.05) is 5.32 Å². The number of rotatable bonds is 6. The van der Waals surface area contributed by atoms with Gasteiger partial charge in [0.2, 0.25) is 0 Å². The smallest absolute Gasteiger partial charge is 0.293 e. The number of benzene rings is 3. The van der Waals surface area contributed by atoms with E-state index in [1.54, 1.807) is 37.3 Å². The molecule has 3 aromatic carbocycles. The van der Waals surface area contributed by atoms with Gasteiger partial charge in [0.15, 0.2) is 0 Å². The Hall–Kier alpha value is -3.67. The van der Waals surface area contributed by atoms with Gasteiger partial charge in [0, 0.05) is 11.6 Å². The van der Waals surface area contributed by atoms with Gasteiger partial charge in [-0.2, -0.15) is 0 Å². The SMILES string of the molecule is Cc1ccc([N+](=O)[O-])c(NC(=O)c2ccc(OCc3ccccc3)cc2)c1C. The number of nitrogens with one attached hydrogen (secondary N) is 1. The van der Waals surface area contributed by atoms with E-state index in [-0.39, 0.29) is 11.4 Å². The van der Waals surface area contributed by atoms with Crippen LogP contribution in [0.3, 0.4) is 0 Å². The first-order chi connectivity index (χ1) is 13.5. The molecule has 1 N–H and O–H groups in total. The molecule has 0 heterocycles. The van der Waals surface area contributed by atoms with Gasteiger partial charge in [0.05, 0.1) is 4.92 Å². The molecule has 0 spiro atoms. The van der Waals surface area contributed by atoms with Crippen molar-refractivity contribution >= 4 is 17.3 Å². The lowest BCUT2D eigenvalue weighted by atomic mass is 10.1. The second-order valence-electron chi connectivity index (χ2n) is 6.41. The Kier molecular flexibility index (Phi) is 5.69. The summed E-state index contributed by atoms with van der Waals surface area (Å²) in [6.45, 7) is 4.02. The molecule has 142 valence electrons. The zero-order chi connectivity index (χ0) is 20.1. The first-order valence-corrected chi connectivity index (χ1v) is 8.78. The van der Waals surface area contributed by atoms with Crippen molar-refractivity contribution in [3.05, 3.63) is 99.1 Å². The molecule has 1 amide bonds. The lowest BCUT2D eigenvalue weighted by molar-refractivity contribution is -0.384. The number of carbonyl (C=O) groups is 1. The molecule has 0 aliphatic carbocycles. The Morgan fingerprint density at radius 2 is 1.68 bits per heavy atom. The number of hydrogen-bond donors (Lipinski definition) is 1. The van der Waals surface area contributed by atoms with E-state index in [1.807, 2.05) is 37.3 Å². The summed E-state index contributed by atoms with van der Waals surface area (Å²) in [5.41, 5.74) is 3.07. The minimum atomic E-state index is -0.497. The van der Waals surface area contributed by atoms with Crippen molar-refractivity contribution in [1.29, 1.82) is 0 Å². The van der Waals surface area contributed by atoms with Gasteiger partial charge in [-0.15, -0.1) is 0 Å². The molecule has 0 aliphatic rings. The van der Waals surface area contributed by atoms with Crippen molar-refractivity contribution in [2.24, 2.45) is 0 Å². The van der Waals surface area contributed by atoms with Crippen LogP contribution in [0.25, 0.3) is 0 Å². The van der Waals surface area contributed by atoms with Gasteiger partial charge >= 0.3 is 0 Å². The van der Waals surface area contributed by atoms with Crippen LogP contribution in [0.4, 0.5) is 11.4 Å². The number of nitro benzene ring substituents is 1. The molecule has 6 heteroatoms. The molecule has 28 heavy (non-hydrogen) atoms. The van der Waals surface area contributed by atoms with Gasteiger partial charge in [0.25, 0.3) is 11.6 Å². The van der Waals surface area contributed by atoms with Gasteiger partial charge < -0.3 is 10.1 Å². The molecular weight excluding hydrogens is 356 g/mol. The molecule has 0 unspecified atom stereocenters. The van der Waals surface area contributed by atoms with Crippen molar-refractivity contribution in [3.8, 4) is 5.75 Å². The van der Waals surface area contributed by atoms with E-state index in [0.29, 0.717) is 23.5 Å². The summed E-state index contributed by atoms with van der Waals surface area (Å²) in [7, 11) is 0. The normalized spacial score (nSPS) is 10.4. The summed E-state index contributed by atoms with van der Waals surface area (Å²) in [5.74, 6) is 0.226.